The fraction of sp³-hybridized carbons (Fsp3) is 0.650. The van der Waals surface area contributed by atoms with E-state index in [1.165, 1.54) is 6.08 Å². The number of allylic oxidation sites excluding steroid dienone is 5. The molecule has 0 aromatic heterocycles. The van der Waals surface area contributed by atoms with E-state index in [1.807, 2.05) is 18.2 Å². The minimum atomic E-state index is -3.89. The summed E-state index contributed by atoms with van der Waals surface area (Å²) in [6.45, 7) is -3.62. The molecule has 0 bridgehead atoms. The monoisotopic (exact) mass is 349 g/mol. The van der Waals surface area contributed by atoms with Gasteiger partial charge in [-0.25, -0.2) is 0 Å². The van der Waals surface area contributed by atoms with Gasteiger partial charge in [0.2, 0.25) is 0 Å². The Labute approximate surface area is 162 Å². The third kappa shape index (κ3) is 15.5. The second-order valence-corrected chi connectivity index (χ2v) is 4.94. The van der Waals surface area contributed by atoms with Crippen molar-refractivity contribution in [3.05, 3.63) is 36.5 Å². The molecule has 0 rings (SSSR count). The molecule has 0 aliphatic heterocycles. The van der Waals surface area contributed by atoms with Gasteiger partial charge in [0.15, 0.2) is 0 Å². The van der Waals surface area contributed by atoms with Crippen LogP contribution < -0.4 is 0 Å². The molecule has 0 aromatic carbocycles. The third-order valence-electron chi connectivity index (χ3n) is 2.89. The molecule has 0 heterocycles. The van der Waals surface area contributed by atoms with Gasteiger partial charge < -0.3 is 15.3 Å². The van der Waals surface area contributed by atoms with Gasteiger partial charge in [0.25, 0.3) is 0 Å². The molecule has 0 aliphatic carbocycles. The van der Waals surface area contributed by atoms with Crippen LogP contribution in [0.25, 0.3) is 0 Å². The molecule has 0 spiro atoms. The number of hydrogen-bond donors (Lipinski definition) is 3. The van der Waals surface area contributed by atoms with Crippen LogP contribution in [0.2, 0.25) is 0 Å². The molecule has 24 heavy (non-hydrogen) atoms. The predicted molar refractivity (Wildman–Crippen MR) is 98.9 cm³/mol. The standard InChI is InChI=1S/C20H34O4/c1-2-3-12-15-18(21)19(22)16-13-10-8-6-4-5-7-9-11-14-17-20(23)24/h4,6-7,9-10,13,18-19,21-22H,2-3,5,8,11-12,14-17H2,1H3,(H,23,24)/b6-4-,9-7-,13-10-/t18-,19+/m1/s1/i1D3,2D2,3D2,12D2,15D2. The highest BCUT2D eigenvalue weighted by molar-refractivity contribution is 5.66. The SMILES string of the molecule is [2H]C([2H])([2H])C([2H])([2H])C([2H])([2H])C([2H])([2H])C([2H])([2H])[C@@H](O)[C@@H](O)C/C=C\C/C=C\C/C=C\CCCC(=O)O. The van der Waals surface area contributed by atoms with Gasteiger partial charge in [-0.1, -0.05) is 62.4 Å². The van der Waals surface area contributed by atoms with Gasteiger partial charge >= 0.3 is 5.97 Å². The van der Waals surface area contributed by atoms with Gasteiger partial charge in [0.05, 0.1) is 12.2 Å². The number of aliphatic hydroxyl groups is 2. The van der Waals surface area contributed by atoms with Gasteiger partial charge in [0.1, 0.15) is 0 Å². The third-order valence-corrected chi connectivity index (χ3v) is 2.89. The van der Waals surface area contributed by atoms with E-state index in [-0.39, 0.29) is 12.8 Å². The van der Waals surface area contributed by atoms with E-state index >= 15 is 0 Å². The maximum atomic E-state index is 10.4. The summed E-state index contributed by atoms with van der Waals surface area (Å²) in [6, 6.07) is 0. The Hall–Kier alpha value is -1.39. The highest BCUT2D eigenvalue weighted by Gasteiger charge is 2.13. The highest BCUT2D eigenvalue weighted by Crippen LogP contribution is 2.10. The van der Waals surface area contributed by atoms with Crippen molar-refractivity contribution in [1.29, 1.82) is 0 Å². The first kappa shape index (κ1) is 9.93. The average Bonchev–Trinajstić information content (AvgIpc) is 2.72. The molecule has 0 fully saturated rings. The van der Waals surface area contributed by atoms with Gasteiger partial charge in [-0.15, -0.1) is 0 Å². The number of hydrogen-bond acceptors (Lipinski definition) is 3. The molecule has 4 nitrogen and oxygen atoms in total. The molecule has 4 heteroatoms. The summed E-state index contributed by atoms with van der Waals surface area (Å²) >= 11 is 0. The van der Waals surface area contributed by atoms with Crippen molar-refractivity contribution < 1.29 is 35.2 Å². The number of unbranched alkanes of at least 4 members (excludes halogenated alkanes) is 1. The van der Waals surface area contributed by atoms with Crippen LogP contribution in [-0.2, 0) is 4.79 Å². The second-order valence-electron chi connectivity index (χ2n) is 4.94. The van der Waals surface area contributed by atoms with E-state index in [9.17, 15) is 15.0 Å². The lowest BCUT2D eigenvalue weighted by Gasteiger charge is -2.15. The van der Waals surface area contributed by atoms with Gasteiger partial charge in [0, 0.05) is 21.5 Å². The zero-order valence-electron chi connectivity index (χ0n) is 24.6. The predicted octanol–water partition coefficient (Wildman–Crippen LogP) is 4.38. The first-order valence-electron chi connectivity index (χ1n) is 13.3. The average molecular weight is 350 g/mol. The summed E-state index contributed by atoms with van der Waals surface area (Å²) in [5, 5.41) is 28.9. The zero-order valence-corrected chi connectivity index (χ0v) is 13.6. The Morgan fingerprint density at radius 3 is 2.38 bits per heavy atom. The smallest absolute Gasteiger partial charge is 0.303 e. The van der Waals surface area contributed by atoms with Crippen molar-refractivity contribution in [3.8, 4) is 0 Å². The lowest BCUT2D eigenvalue weighted by Crippen LogP contribution is -2.25. The number of carboxylic acids is 1. The second kappa shape index (κ2) is 16.5. The fourth-order valence-corrected chi connectivity index (χ4v) is 1.63. The van der Waals surface area contributed by atoms with E-state index < -0.39 is 50.5 Å². The fourth-order valence-electron chi connectivity index (χ4n) is 1.63. The molecule has 3 N–H and O–H groups in total. The summed E-state index contributed by atoms with van der Waals surface area (Å²) in [5.74, 6) is -0.838. The van der Waals surface area contributed by atoms with Gasteiger partial charge in [-0.05, 0) is 38.5 Å². The van der Waals surface area contributed by atoms with E-state index in [0.717, 1.165) is 0 Å². The molecule has 0 unspecified atom stereocenters. The summed E-state index contributed by atoms with van der Waals surface area (Å²) in [6.07, 6.45) is -6.92. The lowest BCUT2D eigenvalue weighted by molar-refractivity contribution is -0.137. The normalized spacial score (nSPS) is 24.5. The highest BCUT2D eigenvalue weighted by atomic mass is 16.4. The van der Waals surface area contributed by atoms with Crippen LogP contribution in [0.5, 0.6) is 0 Å². The number of rotatable bonds is 15. The molecule has 138 valence electrons. The van der Waals surface area contributed by atoms with Crippen molar-refractivity contribution in [2.45, 2.75) is 83.1 Å². The Morgan fingerprint density at radius 1 is 1.04 bits per heavy atom. The van der Waals surface area contributed by atoms with E-state index in [0.29, 0.717) is 25.7 Å². The van der Waals surface area contributed by atoms with Crippen molar-refractivity contribution in [3.63, 3.8) is 0 Å². The van der Waals surface area contributed by atoms with Crippen molar-refractivity contribution in [2.24, 2.45) is 0 Å². The Kier molecular flexibility index (Phi) is 6.81. The lowest BCUT2D eigenvalue weighted by atomic mass is 10.0. The van der Waals surface area contributed by atoms with Crippen LogP contribution in [0.15, 0.2) is 36.5 Å². The van der Waals surface area contributed by atoms with Gasteiger partial charge in [-0.3, -0.25) is 4.79 Å². The Bertz CT molecular complexity index is 759. The maximum Gasteiger partial charge on any atom is 0.303 e. The van der Waals surface area contributed by atoms with Crippen LogP contribution >= 0.6 is 0 Å². The van der Waals surface area contributed by atoms with Crippen LogP contribution in [-0.4, -0.2) is 33.5 Å². The quantitative estimate of drug-likeness (QED) is 0.303. The van der Waals surface area contributed by atoms with Crippen LogP contribution in [0.4, 0.5) is 0 Å². The van der Waals surface area contributed by atoms with Crippen molar-refractivity contribution >= 4 is 5.97 Å². The Morgan fingerprint density at radius 2 is 1.71 bits per heavy atom. The molecular formula is C20H34O4. The van der Waals surface area contributed by atoms with Crippen molar-refractivity contribution in [2.75, 3.05) is 0 Å². The Balaban J connectivity index is 4.94. The first-order valence-corrected chi connectivity index (χ1v) is 7.78. The van der Waals surface area contributed by atoms with Crippen LogP contribution in [0.3, 0.4) is 0 Å². The van der Waals surface area contributed by atoms with Crippen LogP contribution in [0, 0.1) is 0 Å². The van der Waals surface area contributed by atoms with E-state index in [2.05, 4.69) is 0 Å². The number of carbonyl (C=O) groups is 1. The molecule has 0 saturated carbocycles. The number of aliphatic carboxylic acids is 1. The molecule has 2 atom stereocenters. The molecule has 0 saturated heterocycles. The molecule has 0 aromatic rings. The summed E-state index contributed by atoms with van der Waals surface area (Å²) in [4.78, 5) is 10.4. The van der Waals surface area contributed by atoms with Gasteiger partial charge in [-0.2, -0.15) is 0 Å². The minimum Gasteiger partial charge on any atom is -0.481 e. The summed E-state index contributed by atoms with van der Waals surface area (Å²) in [5.41, 5.74) is 0. The topological polar surface area (TPSA) is 77.8 Å². The molecule has 0 amide bonds. The maximum absolute atomic E-state index is 10.4. The molecule has 0 aliphatic rings. The van der Waals surface area contributed by atoms with E-state index in [4.69, 9.17) is 20.2 Å². The largest absolute Gasteiger partial charge is 0.481 e. The number of aliphatic hydroxyl groups excluding tert-OH is 2. The summed E-state index contributed by atoms with van der Waals surface area (Å²) < 4.78 is 83.7. The van der Waals surface area contributed by atoms with Crippen molar-refractivity contribution in [1.82, 2.24) is 0 Å². The first-order chi connectivity index (χ1) is 15.7. The molecule has 0 radical (unpaired) electrons. The van der Waals surface area contributed by atoms with E-state index in [1.54, 1.807) is 12.2 Å². The number of carboxylic acid groups (broad SMARTS) is 1. The zero-order chi connectivity index (χ0) is 27.7. The molecular weight excluding hydrogens is 304 g/mol. The summed E-state index contributed by atoms with van der Waals surface area (Å²) in [7, 11) is 0. The van der Waals surface area contributed by atoms with Crippen LogP contribution in [0.1, 0.15) is 85.9 Å². The minimum absolute atomic E-state index is 0.113.